The third-order valence-corrected chi connectivity index (χ3v) is 2.82. The van der Waals surface area contributed by atoms with E-state index in [1.165, 1.54) is 12.1 Å². The number of nitrogens with two attached hydrogens (primary N) is 1. The average molecular weight is 259 g/mol. The second-order valence-corrected chi connectivity index (χ2v) is 4.27. The van der Waals surface area contributed by atoms with Crippen molar-refractivity contribution < 1.29 is 13.9 Å². The van der Waals surface area contributed by atoms with Crippen LogP contribution in [0.2, 0.25) is 0 Å². The molecule has 3 nitrogen and oxygen atoms in total. The molecule has 2 aromatic carbocycles. The van der Waals surface area contributed by atoms with Gasteiger partial charge in [0.25, 0.3) is 0 Å². The number of nitrogen functional groups attached to an aromatic ring is 1. The lowest BCUT2D eigenvalue weighted by atomic mass is 10.1. The van der Waals surface area contributed by atoms with E-state index in [1.54, 1.807) is 30.3 Å². The fourth-order valence-corrected chi connectivity index (χ4v) is 1.64. The first-order valence-corrected chi connectivity index (χ1v) is 5.84. The number of carbonyl (C=O) groups excluding carboxylic acids is 1. The minimum absolute atomic E-state index is 0.0484. The zero-order valence-corrected chi connectivity index (χ0v) is 10.5. The van der Waals surface area contributed by atoms with Gasteiger partial charge in [-0.15, -0.1) is 0 Å². The predicted molar refractivity (Wildman–Crippen MR) is 71.1 cm³/mol. The molecule has 0 aliphatic rings. The van der Waals surface area contributed by atoms with Crippen LogP contribution in [-0.4, -0.2) is 5.97 Å². The van der Waals surface area contributed by atoms with Gasteiger partial charge in [0.05, 0.1) is 5.56 Å². The Kier molecular flexibility index (Phi) is 3.80. The molecule has 0 amide bonds. The maximum Gasteiger partial charge on any atom is 0.338 e. The molecule has 2 N–H and O–H groups in total. The molecule has 0 heterocycles. The van der Waals surface area contributed by atoms with Crippen LogP contribution in [-0.2, 0) is 11.3 Å². The minimum Gasteiger partial charge on any atom is -0.457 e. The van der Waals surface area contributed by atoms with Gasteiger partial charge in [-0.1, -0.05) is 6.07 Å². The summed E-state index contributed by atoms with van der Waals surface area (Å²) in [5.41, 5.74) is 8.07. The molecular weight excluding hydrogens is 245 g/mol. The molecule has 0 aliphatic heterocycles. The van der Waals surface area contributed by atoms with Crippen molar-refractivity contribution in [1.29, 1.82) is 0 Å². The van der Waals surface area contributed by atoms with Crippen molar-refractivity contribution in [1.82, 2.24) is 0 Å². The van der Waals surface area contributed by atoms with Crippen LogP contribution in [0, 0.1) is 12.7 Å². The number of halogens is 1. The zero-order chi connectivity index (χ0) is 13.8. The fourth-order valence-electron chi connectivity index (χ4n) is 1.64. The summed E-state index contributed by atoms with van der Waals surface area (Å²) in [6.07, 6.45) is 0. The number of carbonyl (C=O) groups is 1. The lowest BCUT2D eigenvalue weighted by Gasteiger charge is -2.08. The van der Waals surface area contributed by atoms with Gasteiger partial charge in [0, 0.05) is 5.69 Å². The first-order valence-electron chi connectivity index (χ1n) is 5.84. The lowest BCUT2D eigenvalue weighted by Crippen LogP contribution is -2.06. The Labute approximate surface area is 110 Å². The second-order valence-electron chi connectivity index (χ2n) is 4.27. The van der Waals surface area contributed by atoms with Gasteiger partial charge in [0.1, 0.15) is 12.4 Å². The third-order valence-electron chi connectivity index (χ3n) is 2.82. The van der Waals surface area contributed by atoms with Crippen molar-refractivity contribution in [3.63, 3.8) is 0 Å². The number of esters is 1. The second kappa shape index (κ2) is 5.52. The fraction of sp³-hybridized carbons (Fsp3) is 0.133. The molecule has 0 saturated carbocycles. The van der Waals surface area contributed by atoms with Gasteiger partial charge in [-0.25, -0.2) is 9.18 Å². The number of aryl methyl sites for hydroxylation is 1. The van der Waals surface area contributed by atoms with Gasteiger partial charge in [0.2, 0.25) is 0 Å². The van der Waals surface area contributed by atoms with E-state index in [-0.39, 0.29) is 12.4 Å². The number of anilines is 1. The monoisotopic (exact) mass is 259 g/mol. The van der Waals surface area contributed by atoms with Crippen LogP contribution in [0.25, 0.3) is 0 Å². The molecule has 0 bridgehead atoms. The highest BCUT2D eigenvalue weighted by Gasteiger charge is 2.08. The average Bonchev–Trinajstić information content (AvgIpc) is 2.40. The molecule has 98 valence electrons. The highest BCUT2D eigenvalue weighted by molar-refractivity contribution is 5.89. The van der Waals surface area contributed by atoms with Gasteiger partial charge < -0.3 is 10.5 Å². The van der Waals surface area contributed by atoms with Gasteiger partial charge in [-0.05, 0) is 54.4 Å². The Hall–Kier alpha value is -2.36. The minimum atomic E-state index is -0.455. The molecule has 0 radical (unpaired) electrons. The first-order chi connectivity index (χ1) is 9.06. The van der Waals surface area contributed by atoms with Crippen LogP contribution in [0.3, 0.4) is 0 Å². The Bertz CT molecular complexity index is 594. The van der Waals surface area contributed by atoms with E-state index in [2.05, 4.69) is 0 Å². The third kappa shape index (κ3) is 3.31. The van der Waals surface area contributed by atoms with E-state index in [0.29, 0.717) is 16.8 Å². The highest BCUT2D eigenvalue weighted by Crippen LogP contribution is 2.13. The molecule has 0 unspecified atom stereocenters. The van der Waals surface area contributed by atoms with Crippen molar-refractivity contribution >= 4 is 11.7 Å². The van der Waals surface area contributed by atoms with Crippen molar-refractivity contribution in [2.45, 2.75) is 13.5 Å². The summed E-state index contributed by atoms with van der Waals surface area (Å²) in [4.78, 5) is 11.8. The molecular formula is C15H14FNO2. The van der Waals surface area contributed by atoms with Crippen molar-refractivity contribution in [3.8, 4) is 0 Å². The Morgan fingerprint density at radius 2 is 1.89 bits per heavy atom. The molecule has 4 heteroatoms. The van der Waals surface area contributed by atoms with Crippen LogP contribution < -0.4 is 5.73 Å². The van der Waals surface area contributed by atoms with E-state index in [4.69, 9.17) is 10.5 Å². The quantitative estimate of drug-likeness (QED) is 0.680. The van der Waals surface area contributed by atoms with Gasteiger partial charge in [-0.3, -0.25) is 0 Å². The van der Waals surface area contributed by atoms with Crippen LogP contribution in [0.4, 0.5) is 10.1 Å². The Morgan fingerprint density at radius 3 is 2.58 bits per heavy atom. The summed E-state index contributed by atoms with van der Waals surface area (Å²) in [6, 6.07) is 10.8. The van der Waals surface area contributed by atoms with Crippen LogP contribution in [0.15, 0.2) is 42.5 Å². The maximum atomic E-state index is 13.1. The van der Waals surface area contributed by atoms with Crippen molar-refractivity contribution in [2.75, 3.05) is 5.73 Å². The van der Waals surface area contributed by atoms with E-state index in [1.807, 2.05) is 6.92 Å². The summed E-state index contributed by atoms with van der Waals surface area (Å²) >= 11 is 0. The zero-order valence-electron chi connectivity index (χ0n) is 10.5. The highest BCUT2D eigenvalue weighted by atomic mass is 19.1. The number of ether oxygens (including phenoxy) is 1. The van der Waals surface area contributed by atoms with E-state index in [0.717, 1.165) is 5.56 Å². The normalized spacial score (nSPS) is 10.2. The largest absolute Gasteiger partial charge is 0.457 e. The maximum absolute atomic E-state index is 13.1. The Morgan fingerprint density at radius 1 is 1.21 bits per heavy atom. The van der Waals surface area contributed by atoms with E-state index in [9.17, 15) is 9.18 Å². The SMILES string of the molecule is Cc1ccc(F)cc1COC(=O)c1ccc(N)cc1. The molecule has 0 atom stereocenters. The Balaban J connectivity index is 2.04. The summed E-state index contributed by atoms with van der Waals surface area (Å²) in [5.74, 6) is -0.798. The van der Waals surface area contributed by atoms with E-state index >= 15 is 0 Å². The summed E-state index contributed by atoms with van der Waals surface area (Å²) < 4.78 is 18.2. The molecule has 0 aliphatic carbocycles. The van der Waals surface area contributed by atoms with Crippen LogP contribution >= 0.6 is 0 Å². The molecule has 2 aromatic rings. The summed E-state index contributed by atoms with van der Waals surface area (Å²) in [5, 5.41) is 0. The molecule has 2 rings (SSSR count). The summed E-state index contributed by atoms with van der Waals surface area (Å²) in [6.45, 7) is 1.89. The van der Waals surface area contributed by atoms with Crippen molar-refractivity contribution in [2.24, 2.45) is 0 Å². The standard InChI is InChI=1S/C15H14FNO2/c1-10-2-5-13(16)8-12(10)9-19-15(18)11-3-6-14(17)7-4-11/h2-8H,9,17H2,1H3. The predicted octanol–water partition coefficient (Wildman–Crippen LogP) is 3.07. The van der Waals surface area contributed by atoms with Gasteiger partial charge >= 0.3 is 5.97 Å². The van der Waals surface area contributed by atoms with Crippen LogP contribution in [0.5, 0.6) is 0 Å². The van der Waals surface area contributed by atoms with E-state index < -0.39 is 5.97 Å². The molecule has 0 spiro atoms. The van der Waals surface area contributed by atoms with Crippen LogP contribution in [0.1, 0.15) is 21.5 Å². The molecule has 0 fully saturated rings. The smallest absolute Gasteiger partial charge is 0.338 e. The summed E-state index contributed by atoms with van der Waals surface area (Å²) in [7, 11) is 0. The molecule has 0 aromatic heterocycles. The molecule has 19 heavy (non-hydrogen) atoms. The number of hydrogen-bond acceptors (Lipinski definition) is 3. The lowest BCUT2D eigenvalue weighted by molar-refractivity contribution is 0.0472. The van der Waals surface area contributed by atoms with Gasteiger partial charge in [0.15, 0.2) is 0 Å². The molecule has 0 saturated heterocycles. The number of rotatable bonds is 3. The number of hydrogen-bond donors (Lipinski definition) is 1. The number of benzene rings is 2. The first kappa shape index (κ1) is 13.1. The van der Waals surface area contributed by atoms with Gasteiger partial charge in [-0.2, -0.15) is 0 Å². The topological polar surface area (TPSA) is 52.3 Å². The van der Waals surface area contributed by atoms with Crippen molar-refractivity contribution in [3.05, 3.63) is 65.0 Å².